The van der Waals surface area contributed by atoms with Gasteiger partial charge in [0.2, 0.25) is 5.91 Å². The lowest BCUT2D eigenvalue weighted by Crippen LogP contribution is -2.43. The Balaban J connectivity index is 1.47. The lowest BCUT2D eigenvalue weighted by Gasteiger charge is -2.42. The van der Waals surface area contributed by atoms with E-state index in [1.54, 1.807) is 0 Å². The average Bonchev–Trinajstić information content (AvgIpc) is 3.01. The van der Waals surface area contributed by atoms with Crippen LogP contribution < -0.4 is 5.32 Å². The number of aliphatic hydroxyl groups is 1. The molecule has 0 bridgehead atoms. The van der Waals surface area contributed by atoms with Crippen LogP contribution in [0.2, 0.25) is 0 Å². The third kappa shape index (κ3) is 9.08. The molecule has 3 aromatic carbocycles. The zero-order valence-corrected chi connectivity index (χ0v) is 24.9. The Labute approximate surface area is 254 Å². The SMILES string of the molecule is C=CCN(C)C[C@@H]1O[C@H](c2ccc(-c3cccc(CNC(=O)CCCC(=O)O)c3)cc2)O[C@H](c2ccc(CO)cc2)[C@@H]1C. The van der Waals surface area contributed by atoms with Crippen LogP contribution in [0.5, 0.6) is 0 Å². The number of hydrogen-bond acceptors (Lipinski definition) is 6. The summed E-state index contributed by atoms with van der Waals surface area (Å²) in [7, 11) is 2.06. The predicted molar refractivity (Wildman–Crippen MR) is 166 cm³/mol. The van der Waals surface area contributed by atoms with Gasteiger partial charge in [-0.2, -0.15) is 0 Å². The minimum atomic E-state index is -0.896. The molecule has 4 rings (SSSR count). The highest BCUT2D eigenvalue weighted by Gasteiger charge is 2.38. The van der Waals surface area contributed by atoms with Gasteiger partial charge in [0, 0.05) is 44.0 Å². The highest BCUT2D eigenvalue weighted by molar-refractivity contribution is 5.76. The Morgan fingerprint density at radius 2 is 1.67 bits per heavy atom. The van der Waals surface area contributed by atoms with Crippen LogP contribution in [0.25, 0.3) is 11.1 Å². The maximum Gasteiger partial charge on any atom is 0.303 e. The van der Waals surface area contributed by atoms with Crippen LogP contribution in [0.15, 0.2) is 85.5 Å². The summed E-state index contributed by atoms with van der Waals surface area (Å²) in [6.07, 6.45) is 1.60. The van der Waals surface area contributed by atoms with Crippen molar-refractivity contribution in [1.82, 2.24) is 10.2 Å². The number of carbonyl (C=O) groups is 2. The van der Waals surface area contributed by atoms with E-state index in [2.05, 4.69) is 30.8 Å². The van der Waals surface area contributed by atoms with Crippen molar-refractivity contribution in [1.29, 1.82) is 0 Å². The normalized spacial score (nSPS) is 20.1. The van der Waals surface area contributed by atoms with Gasteiger partial charge in [-0.1, -0.05) is 79.7 Å². The van der Waals surface area contributed by atoms with E-state index in [1.165, 1.54) is 0 Å². The minimum absolute atomic E-state index is 0.000553. The van der Waals surface area contributed by atoms with Crippen LogP contribution in [0.3, 0.4) is 0 Å². The third-order valence-corrected chi connectivity index (χ3v) is 7.78. The molecule has 1 fully saturated rings. The zero-order valence-electron chi connectivity index (χ0n) is 24.9. The number of hydrogen-bond donors (Lipinski definition) is 3. The first kappa shape index (κ1) is 32.1. The number of likely N-dealkylation sites (N-methyl/N-ethyl adjacent to an activating group) is 1. The number of carbonyl (C=O) groups excluding carboxylic acids is 1. The maximum absolute atomic E-state index is 12.1. The molecule has 0 unspecified atom stereocenters. The van der Waals surface area contributed by atoms with Gasteiger partial charge in [0.1, 0.15) is 0 Å². The monoisotopic (exact) mass is 586 g/mol. The number of aliphatic hydroxyl groups excluding tert-OH is 1. The van der Waals surface area contributed by atoms with Crippen molar-refractivity contribution in [3.8, 4) is 11.1 Å². The predicted octanol–water partition coefficient (Wildman–Crippen LogP) is 5.63. The number of rotatable bonds is 14. The Morgan fingerprint density at radius 3 is 2.35 bits per heavy atom. The third-order valence-electron chi connectivity index (χ3n) is 7.78. The van der Waals surface area contributed by atoms with Gasteiger partial charge >= 0.3 is 5.97 Å². The fourth-order valence-corrected chi connectivity index (χ4v) is 5.31. The Kier molecular flexibility index (Phi) is 11.6. The summed E-state index contributed by atoms with van der Waals surface area (Å²) in [6, 6.07) is 24.1. The Hall–Kier alpha value is -3.82. The zero-order chi connectivity index (χ0) is 30.8. The summed E-state index contributed by atoms with van der Waals surface area (Å²) in [4.78, 5) is 24.9. The van der Waals surface area contributed by atoms with Crippen LogP contribution in [0, 0.1) is 5.92 Å². The second-order valence-corrected chi connectivity index (χ2v) is 11.2. The van der Waals surface area contributed by atoms with Crippen molar-refractivity contribution in [2.75, 3.05) is 20.1 Å². The lowest BCUT2D eigenvalue weighted by molar-refractivity contribution is -0.275. The van der Waals surface area contributed by atoms with Crippen LogP contribution in [0.1, 0.15) is 60.8 Å². The molecule has 228 valence electrons. The molecule has 3 aromatic rings. The van der Waals surface area contributed by atoms with E-state index in [0.29, 0.717) is 13.0 Å². The Bertz CT molecular complexity index is 1360. The number of aliphatic carboxylic acids is 1. The van der Waals surface area contributed by atoms with Gasteiger partial charge in [-0.05, 0) is 47.4 Å². The van der Waals surface area contributed by atoms with E-state index in [0.717, 1.165) is 46.5 Å². The van der Waals surface area contributed by atoms with Gasteiger partial charge in [0.05, 0.1) is 18.8 Å². The van der Waals surface area contributed by atoms with Crippen molar-refractivity contribution in [3.63, 3.8) is 0 Å². The molecule has 1 heterocycles. The summed E-state index contributed by atoms with van der Waals surface area (Å²) >= 11 is 0. The second-order valence-electron chi connectivity index (χ2n) is 11.2. The van der Waals surface area contributed by atoms with Crippen molar-refractivity contribution in [3.05, 3.63) is 108 Å². The molecule has 1 aliphatic rings. The van der Waals surface area contributed by atoms with Gasteiger partial charge in [0.25, 0.3) is 0 Å². The summed E-state index contributed by atoms with van der Waals surface area (Å²) in [6.45, 7) is 7.89. The number of nitrogens with one attached hydrogen (secondary N) is 1. The summed E-state index contributed by atoms with van der Waals surface area (Å²) < 4.78 is 13.1. The van der Waals surface area contributed by atoms with E-state index in [1.807, 2.05) is 78.9 Å². The number of benzene rings is 3. The van der Waals surface area contributed by atoms with Crippen LogP contribution in [-0.4, -0.2) is 53.2 Å². The van der Waals surface area contributed by atoms with Gasteiger partial charge < -0.3 is 29.9 Å². The molecular formula is C35H42N2O6. The molecule has 0 aliphatic carbocycles. The van der Waals surface area contributed by atoms with Crippen LogP contribution >= 0.6 is 0 Å². The van der Waals surface area contributed by atoms with Crippen LogP contribution in [-0.2, 0) is 32.2 Å². The molecule has 0 radical (unpaired) electrons. The quantitative estimate of drug-likeness (QED) is 0.210. The molecule has 8 nitrogen and oxygen atoms in total. The van der Waals surface area contributed by atoms with Crippen molar-refractivity contribution in [2.45, 2.75) is 57.8 Å². The molecule has 0 aromatic heterocycles. The number of amides is 1. The number of ether oxygens (including phenoxy) is 2. The van der Waals surface area contributed by atoms with E-state index in [-0.39, 0.29) is 43.5 Å². The molecule has 0 saturated carbocycles. The molecule has 43 heavy (non-hydrogen) atoms. The molecule has 3 N–H and O–H groups in total. The van der Waals surface area contributed by atoms with Gasteiger partial charge in [-0.15, -0.1) is 6.58 Å². The van der Waals surface area contributed by atoms with E-state index in [4.69, 9.17) is 14.6 Å². The van der Waals surface area contributed by atoms with E-state index >= 15 is 0 Å². The summed E-state index contributed by atoms with van der Waals surface area (Å²) in [5, 5.41) is 21.1. The standard InChI is InChI=1S/C35H42N2O6/c1-4-19-37(3)22-31-24(2)34(28-13-11-25(23-38)12-14-28)43-35(42-31)29-17-15-27(16-18-29)30-8-5-7-26(20-30)21-36-32(39)9-6-10-33(40)41/h4-5,7-8,11-18,20,24,31,34-35,38H,1,6,9-10,19,21-23H2,2-3H3,(H,36,39)(H,40,41)/t24-,31+,34+,35+/m1/s1. The fraction of sp³-hybridized carbons (Fsp3) is 0.371. The first-order valence-corrected chi connectivity index (χ1v) is 14.7. The smallest absolute Gasteiger partial charge is 0.303 e. The molecule has 1 aliphatic heterocycles. The van der Waals surface area contributed by atoms with Crippen molar-refractivity contribution >= 4 is 11.9 Å². The number of carboxylic acids is 1. The second kappa shape index (κ2) is 15.6. The highest BCUT2D eigenvalue weighted by atomic mass is 16.7. The molecule has 8 heteroatoms. The van der Waals surface area contributed by atoms with Gasteiger partial charge in [-0.25, -0.2) is 0 Å². The molecule has 1 amide bonds. The highest BCUT2D eigenvalue weighted by Crippen LogP contribution is 2.42. The largest absolute Gasteiger partial charge is 0.481 e. The first-order chi connectivity index (χ1) is 20.8. The van der Waals surface area contributed by atoms with Crippen molar-refractivity contribution < 1.29 is 29.3 Å². The van der Waals surface area contributed by atoms with Crippen LogP contribution in [0.4, 0.5) is 0 Å². The molecule has 4 atom stereocenters. The number of nitrogens with zero attached hydrogens (tertiary/aromatic N) is 1. The van der Waals surface area contributed by atoms with E-state index < -0.39 is 12.3 Å². The topological polar surface area (TPSA) is 108 Å². The molecule has 0 spiro atoms. The molecular weight excluding hydrogens is 544 g/mol. The fourth-order valence-electron chi connectivity index (χ4n) is 5.31. The summed E-state index contributed by atoms with van der Waals surface area (Å²) in [5.74, 6) is -0.954. The first-order valence-electron chi connectivity index (χ1n) is 14.7. The maximum atomic E-state index is 12.1. The number of carboxylic acid groups (broad SMARTS) is 1. The average molecular weight is 587 g/mol. The van der Waals surface area contributed by atoms with Crippen molar-refractivity contribution in [2.24, 2.45) is 5.92 Å². The van der Waals surface area contributed by atoms with Gasteiger partial charge in [-0.3, -0.25) is 9.59 Å². The van der Waals surface area contributed by atoms with E-state index in [9.17, 15) is 14.7 Å². The van der Waals surface area contributed by atoms with Gasteiger partial charge in [0.15, 0.2) is 6.29 Å². The summed E-state index contributed by atoms with van der Waals surface area (Å²) in [5.41, 5.74) is 5.85. The minimum Gasteiger partial charge on any atom is -0.481 e. The molecule has 1 saturated heterocycles. The lowest BCUT2D eigenvalue weighted by atomic mass is 9.90. The Morgan fingerprint density at radius 1 is 0.953 bits per heavy atom.